The van der Waals surface area contributed by atoms with Crippen LogP contribution in [0.25, 0.3) is 43.7 Å². The van der Waals surface area contributed by atoms with Crippen LogP contribution in [0.2, 0.25) is 0 Å². The van der Waals surface area contributed by atoms with E-state index in [4.69, 9.17) is 0 Å². The van der Waals surface area contributed by atoms with E-state index in [1.807, 2.05) is 0 Å². The van der Waals surface area contributed by atoms with Gasteiger partial charge in [0.05, 0.1) is 0 Å². The fraction of sp³-hybridized carbons (Fsp3) is 0. The van der Waals surface area contributed by atoms with E-state index >= 15 is 0 Å². The molecule has 0 amide bonds. The first-order chi connectivity index (χ1) is 11.8. The molecule has 0 aliphatic rings. The Labute approximate surface area is 148 Å². The van der Waals surface area contributed by atoms with Gasteiger partial charge in [-0.1, -0.05) is 58.4 Å². The Morgan fingerprint density at radius 2 is 1.25 bits per heavy atom. The molecule has 0 aliphatic heterocycles. The number of hydrogen-bond donors (Lipinski definition) is 1. The van der Waals surface area contributed by atoms with Crippen LogP contribution in [0.1, 0.15) is 0 Å². The summed E-state index contributed by atoms with van der Waals surface area (Å²) in [7, 11) is 0. The minimum Gasteiger partial charge on any atom is -0.354 e. The predicted molar refractivity (Wildman–Crippen MR) is 106 cm³/mol. The van der Waals surface area contributed by atoms with Crippen molar-refractivity contribution in [2.75, 3.05) is 0 Å². The number of fused-ring (bicyclic) bond motifs is 4. The highest BCUT2D eigenvalue weighted by Crippen LogP contribution is 2.32. The predicted octanol–water partition coefficient (Wildman–Crippen LogP) is 6.90. The van der Waals surface area contributed by atoms with Gasteiger partial charge in [-0.2, -0.15) is 0 Å². The molecule has 1 aromatic heterocycles. The number of nitrogens with one attached hydrogen (secondary N) is 1. The van der Waals surface area contributed by atoms with Gasteiger partial charge in [-0.3, -0.25) is 0 Å². The summed E-state index contributed by atoms with van der Waals surface area (Å²) >= 11 is 3.50. The summed E-state index contributed by atoms with van der Waals surface area (Å²) in [6, 6.07) is 28.1. The Kier molecular flexibility index (Phi) is 3.00. The van der Waals surface area contributed by atoms with Crippen LogP contribution in [0.4, 0.5) is 0 Å². The van der Waals surface area contributed by atoms with Crippen LogP contribution in [-0.2, 0) is 0 Å². The molecule has 1 nitrogen and oxygen atoms in total. The molecule has 0 atom stereocenters. The molecule has 0 unspecified atom stereocenters. The highest BCUT2D eigenvalue weighted by Gasteiger charge is 2.07. The van der Waals surface area contributed by atoms with E-state index in [1.54, 1.807) is 0 Å². The van der Waals surface area contributed by atoms with Crippen LogP contribution in [-0.4, -0.2) is 4.98 Å². The summed E-state index contributed by atoms with van der Waals surface area (Å²) in [5, 5.41) is 5.10. The van der Waals surface area contributed by atoms with E-state index in [2.05, 4.69) is 99.8 Å². The molecular formula is C22H14BrN. The van der Waals surface area contributed by atoms with Gasteiger partial charge in [0.1, 0.15) is 0 Å². The molecule has 114 valence electrons. The van der Waals surface area contributed by atoms with Gasteiger partial charge < -0.3 is 4.98 Å². The van der Waals surface area contributed by atoms with Crippen LogP contribution in [0.5, 0.6) is 0 Å². The third-order valence-electron chi connectivity index (χ3n) is 4.64. The number of halogens is 1. The van der Waals surface area contributed by atoms with Gasteiger partial charge in [0.15, 0.2) is 0 Å². The number of H-pyrrole nitrogens is 1. The molecule has 5 aromatic rings. The van der Waals surface area contributed by atoms with E-state index < -0.39 is 0 Å². The standard InChI is InChI=1S/C22H14BrN/c23-18-8-5-14(6-9-18)17-7-10-21-19(12-17)20-11-15-3-1-2-4-16(15)13-22(20)24-21/h1-13,24H. The highest BCUT2D eigenvalue weighted by molar-refractivity contribution is 9.10. The van der Waals surface area contributed by atoms with Gasteiger partial charge in [0, 0.05) is 26.3 Å². The van der Waals surface area contributed by atoms with Crippen molar-refractivity contribution in [3.63, 3.8) is 0 Å². The Morgan fingerprint density at radius 1 is 0.583 bits per heavy atom. The largest absolute Gasteiger partial charge is 0.354 e. The maximum Gasteiger partial charge on any atom is 0.0471 e. The Hall–Kier alpha value is -2.58. The minimum atomic E-state index is 1.10. The van der Waals surface area contributed by atoms with Crippen molar-refractivity contribution in [1.29, 1.82) is 0 Å². The van der Waals surface area contributed by atoms with Crippen molar-refractivity contribution in [3.8, 4) is 11.1 Å². The van der Waals surface area contributed by atoms with Crippen molar-refractivity contribution in [2.24, 2.45) is 0 Å². The number of aromatic nitrogens is 1. The summed E-state index contributed by atoms with van der Waals surface area (Å²) in [4.78, 5) is 3.55. The van der Waals surface area contributed by atoms with Crippen molar-refractivity contribution < 1.29 is 0 Å². The van der Waals surface area contributed by atoms with Gasteiger partial charge in [-0.25, -0.2) is 0 Å². The zero-order chi connectivity index (χ0) is 16.1. The summed E-state index contributed by atoms with van der Waals surface area (Å²) in [5.41, 5.74) is 4.84. The Balaban J connectivity index is 1.79. The molecule has 4 aromatic carbocycles. The normalized spacial score (nSPS) is 11.5. The quantitative estimate of drug-likeness (QED) is 0.329. The first kappa shape index (κ1) is 13.8. The lowest BCUT2D eigenvalue weighted by atomic mass is 10.0. The summed E-state index contributed by atoms with van der Waals surface area (Å²) in [6.07, 6.45) is 0. The number of aromatic amines is 1. The molecule has 0 radical (unpaired) electrons. The van der Waals surface area contributed by atoms with Crippen LogP contribution in [0.15, 0.2) is 83.3 Å². The second kappa shape index (κ2) is 5.22. The van der Waals surface area contributed by atoms with Gasteiger partial charge in [-0.05, 0) is 58.3 Å². The molecule has 24 heavy (non-hydrogen) atoms. The maximum absolute atomic E-state index is 3.55. The monoisotopic (exact) mass is 371 g/mol. The smallest absolute Gasteiger partial charge is 0.0471 e. The van der Waals surface area contributed by atoms with Crippen LogP contribution in [0, 0.1) is 0 Å². The third-order valence-corrected chi connectivity index (χ3v) is 5.17. The van der Waals surface area contributed by atoms with Crippen molar-refractivity contribution in [2.45, 2.75) is 0 Å². The molecule has 0 saturated heterocycles. The molecule has 0 spiro atoms. The minimum absolute atomic E-state index is 1.10. The molecule has 1 N–H and O–H groups in total. The first-order valence-corrected chi connectivity index (χ1v) is 8.77. The Bertz CT molecular complexity index is 1200. The van der Waals surface area contributed by atoms with Gasteiger partial charge in [0.2, 0.25) is 0 Å². The second-order valence-electron chi connectivity index (χ2n) is 6.14. The van der Waals surface area contributed by atoms with Crippen molar-refractivity contribution in [1.82, 2.24) is 4.98 Å². The molecule has 0 aliphatic carbocycles. The SMILES string of the molecule is Brc1ccc(-c2ccc3[nH]c4cc5ccccc5cc4c3c2)cc1. The number of rotatable bonds is 1. The van der Waals surface area contributed by atoms with E-state index in [0.717, 1.165) is 4.47 Å². The van der Waals surface area contributed by atoms with Crippen LogP contribution in [0.3, 0.4) is 0 Å². The van der Waals surface area contributed by atoms with E-state index in [-0.39, 0.29) is 0 Å². The Morgan fingerprint density at radius 3 is 2.04 bits per heavy atom. The van der Waals surface area contributed by atoms with E-state index in [0.29, 0.717) is 0 Å². The summed E-state index contributed by atoms with van der Waals surface area (Å²) in [5.74, 6) is 0. The second-order valence-corrected chi connectivity index (χ2v) is 7.05. The summed E-state index contributed by atoms with van der Waals surface area (Å²) in [6.45, 7) is 0. The average Bonchev–Trinajstić information content (AvgIpc) is 2.97. The zero-order valence-corrected chi connectivity index (χ0v) is 14.5. The lowest BCUT2D eigenvalue weighted by Gasteiger charge is -2.03. The molecule has 2 heteroatoms. The molecule has 0 fully saturated rings. The molecular weight excluding hydrogens is 358 g/mol. The van der Waals surface area contributed by atoms with Crippen LogP contribution >= 0.6 is 15.9 Å². The zero-order valence-electron chi connectivity index (χ0n) is 12.9. The molecule has 1 heterocycles. The number of benzene rings is 4. The first-order valence-electron chi connectivity index (χ1n) is 7.98. The van der Waals surface area contributed by atoms with Gasteiger partial charge in [0.25, 0.3) is 0 Å². The fourth-order valence-corrected chi connectivity index (χ4v) is 3.67. The molecule has 0 saturated carbocycles. The van der Waals surface area contributed by atoms with Crippen molar-refractivity contribution in [3.05, 3.63) is 83.3 Å². The van der Waals surface area contributed by atoms with Gasteiger partial charge >= 0.3 is 0 Å². The third kappa shape index (κ3) is 2.15. The maximum atomic E-state index is 3.55. The topological polar surface area (TPSA) is 15.8 Å². The fourth-order valence-electron chi connectivity index (χ4n) is 3.41. The average molecular weight is 372 g/mol. The highest BCUT2D eigenvalue weighted by atomic mass is 79.9. The van der Waals surface area contributed by atoms with Crippen LogP contribution < -0.4 is 0 Å². The summed E-state index contributed by atoms with van der Waals surface area (Å²) < 4.78 is 1.10. The lowest BCUT2D eigenvalue weighted by molar-refractivity contribution is 1.55. The molecule has 5 rings (SSSR count). The van der Waals surface area contributed by atoms with E-state index in [9.17, 15) is 0 Å². The lowest BCUT2D eigenvalue weighted by Crippen LogP contribution is -1.78. The number of hydrogen-bond acceptors (Lipinski definition) is 0. The van der Waals surface area contributed by atoms with Gasteiger partial charge in [-0.15, -0.1) is 0 Å². The van der Waals surface area contributed by atoms with Crippen molar-refractivity contribution >= 4 is 48.5 Å². The molecule has 0 bridgehead atoms. The van der Waals surface area contributed by atoms with E-state index in [1.165, 1.54) is 43.7 Å².